The quantitative estimate of drug-likeness (QED) is 0.640. The van der Waals surface area contributed by atoms with Crippen molar-refractivity contribution >= 4 is 23.1 Å². The molecular weight excluding hydrogens is 356 g/mol. The number of rotatable bonds is 0. The van der Waals surface area contributed by atoms with E-state index >= 15 is 0 Å². The first-order valence-corrected chi connectivity index (χ1v) is 10.1. The largest absolute Gasteiger partial charge is 0.337 e. The molecule has 1 aromatic heterocycles. The summed E-state index contributed by atoms with van der Waals surface area (Å²) in [5, 5.41) is 0.783. The molecule has 140 valence electrons. The number of carbonyl (C=O) groups excluding carboxylic acids is 1. The number of likely N-dealkylation sites (tertiary alicyclic amines) is 1. The molecule has 1 fully saturated rings. The van der Waals surface area contributed by atoms with Crippen molar-refractivity contribution in [3.63, 3.8) is 0 Å². The van der Waals surface area contributed by atoms with Crippen LogP contribution in [0.1, 0.15) is 56.0 Å². The summed E-state index contributed by atoms with van der Waals surface area (Å²) in [6.07, 6.45) is 5.60. The van der Waals surface area contributed by atoms with E-state index in [0.29, 0.717) is 0 Å². The molecule has 3 nitrogen and oxygen atoms in total. The fourth-order valence-corrected chi connectivity index (χ4v) is 5.08. The van der Waals surface area contributed by atoms with Crippen LogP contribution in [0.3, 0.4) is 0 Å². The van der Waals surface area contributed by atoms with Crippen molar-refractivity contribution in [3.05, 3.63) is 69.5 Å². The van der Waals surface area contributed by atoms with E-state index in [2.05, 4.69) is 32.0 Å². The number of aromatic nitrogens is 1. The van der Waals surface area contributed by atoms with E-state index in [9.17, 15) is 4.79 Å². The molecule has 0 spiro atoms. The van der Waals surface area contributed by atoms with Crippen LogP contribution in [0.5, 0.6) is 0 Å². The van der Waals surface area contributed by atoms with Crippen LogP contribution in [0.2, 0.25) is 5.02 Å². The molecule has 1 saturated heterocycles. The van der Waals surface area contributed by atoms with Gasteiger partial charge in [-0.3, -0.25) is 9.78 Å². The summed E-state index contributed by atoms with van der Waals surface area (Å²) in [7, 11) is 0. The Morgan fingerprint density at radius 1 is 1.11 bits per heavy atom. The second-order valence-electron chi connectivity index (χ2n) is 7.82. The third kappa shape index (κ3) is 3.29. The van der Waals surface area contributed by atoms with Gasteiger partial charge < -0.3 is 4.90 Å². The SMILES string of the molecule is CC(=O)N1C(C)CC(=C2c3ccc(Cl)cc3CCc3cccnc32)CC1C. The van der Waals surface area contributed by atoms with Gasteiger partial charge in [0, 0.05) is 35.8 Å². The number of hydrogen-bond acceptors (Lipinski definition) is 2. The number of amides is 1. The van der Waals surface area contributed by atoms with Crippen LogP contribution in [0.15, 0.2) is 42.1 Å². The zero-order valence-electron chi connectivity index (χ0n) is 16.1. The number of piperidine rings is 1. The molecule has 1 aliphatic carbocycles. The maximum Gasteiger partial charge on any atom is 0.219 e. The lowest BCUT2D eigenvalue weighted by molar-refractivity contribution is -0.133. The van der Waals surface area contributed by atoms with E-state index in [1.54, 1.807) is 6.92 Å². The van der Waals surface area contributed by atoms with Crippen molar-refractivity contribution in [2.24, 2.45) is 0 Å². The third-order valence-electron chi connectivity index (χ3n) is 5.88. The van der Waals surface area contributed by atoms with Gasteiger partial charge in [-0.2, -0.15) is 0 Å². The van der Waals surface area contributed by atoms with Gasteiger partial charge in [0.1, 0.15) is 0 Å². The summed E-state index contributed by atoms with van der Waals surface area (Å²) >= 11 is 6.30. The number of aryl methyl sites for hydroxylation is 2. The Morgan fingerprint density at radius 2 is 1.81 bits per heavy atom. The summed E-state index contributed by atoms with van der Waals surface area (Å²) < 4.78 is 0. The fraction of sp³-hybridized carbons (Fsp3) is 0.391. The molecule has 2 unspecified atom stereocenters. The molecular formula is C23H25ClN2O. The topological polar surface area (TPSA) is 33.2 Å². The summed E-state index contributed by atoms with van der Waals surface area (Å²) in [6.45, 7) is 5.97. The highest BCUT2D eigenvalue weighted by atomic mass is 35.5. The Bertz CT molecular complexity index is 920. The molecule has 1 aliphatic heterocycles. The molecule has 4 heteroatoms. The second kappa shape index (κ2) is 7.12. The second-order valence-corrected chi connectivity index (χ2v) is 8.26. The molecule has 2 atom stereocenters. The van der Waals surface area contributed by atoms with E-state index in [1.165, 1.54) is 27.8 Å². The maximum absolute atomic E-state index is 12.1. The highest BCUT2D eigenvalue weighted by molar-refractivity contribution is 6.30. The van der Waals surface area contributed by atoms with Crippen molar-refractivity contribution < 1.29 is 4.79 Å². The average molecular weight is 381 g/mol. The normalized spacial score (nSPS) is 22.1. The van der Waals surface area contributed by atoms with Gasteiger partial charge in [-0.25, -0.2) is 0 Å². The number of nitrogens with zero attached hydrogens (tertiary/aromatic N) is 2. The van der Waals surface area contributed by atoms with Crippen LogP contribution < -0.4 is 0 Å². The zero-order chi connectivity index (χ0) is 19.1. The fourth-order valence-electron chi connectivity index (χ4n) is 4.89. The van der Waals surface area contributed by atoms with Crippen molar-refractivity contribution in [2.45, 2.75) is 58.5 Å². The number of benzene rings is 1. The van der Waals surface area contributed by atoms with Crippen molar-refractivity contribution in [2.75, 3.05) is 0 Å². The Labute approximate surface area is 166 Å². The van der Waals surface area contributed by atoms with Crippen LogP contribution in [-0.2, 0) is 17.6 Å². The lowest BCUT2D eigenvalue weighted by Gasteiger charge is -2.40. The van der Waals surface area contributed by atoms with Crippen molar-refractivity contribution in [1.82, 2.24) is 9.88 Å². The van der Waals surface area contributed by atoms with Crippen LogP contribution in [0, 0.1) is 0 Å². The first kappa shape index (κ1) is 18.2. The van der Waals surface area contributed by atoms with Gasteiger partial charge in [0.25, 0.3) is 0 Å². The van der Waals surface area contributed by atoms with Gasteiger partial charge in [-0.15, -0.1) is 0 Å². The Morgan fingerprint density at radius 3 is 2.52 bits per heavy atom. The summed E-state index contributed by atoms with van der Waals surface area (Å²) in [4.78, 5) is 18.9. The monoisotopic (exact) mass is 380 g/mol. The molecule has 2 heterocycles. The minimum Gasteiger partial charge on any atom is -0.337 e. The standard InChI is InChI=1S/C23H25ClN2O/c1-14-11-19(12-15(2)26(14)16(3)27)22-21-9-8-20(24)13-18(21)7-6-17-5-4-10-25-23(17)22/h4-5,8-10,13-15H,6-7,11-12H2,1-3H3. The van der Waals surface area contributed by atoms with Crippen LogP contribution >= 0.6 is 11.6 Å². The van der Waals surface area contributed by atoms with E-state index in [1.807, 2.05) is 23.2 Å². The van der Waals surface area contributed by atoms with Gasteiger partial charge in [0.05, 0.1) is 5.69 Å². The van der Waals surface area contributed by atoms with E-state index in [-0.39, 0.29) is 18.0 Å². The molecule has 0 saturated carbocycles. The maximum atomic E-state index is 12.1. The lowest BCUT2D eigenvalue weighted by Crippen LogP contribution is -2.47. The number of halogens is 1. The molecule has 0 radical (unpaired) electrons. The third-order valence-corrected chi connectivity index (χ3v) is 6.11. The average Bonchev–Trinajstić information content (AvgIpc) is 2.77. The number of pyridine rings is 1. The van der Waals surface area contributed by atoms with E-state index in [4.69, 9.17) is 16.6 Å². The van der Waals surface area contributed by atoms with Gasteiger partial charge in [0.2, 0.25) is 5.91 Å². The Hall–Kier alpha value is -2.13. The van der Waals surface area contributed by atoms with Crippen molar-refractivity contribution in [3.8, 4) is 0 Å². The van der Waals surface area contributed by atoms with E-state index in [0.717, 1.165) is 36.4 Å². The zero-order valence-corrected chi connectivity index (χ0v) is 16.9. The molecule has 1 aromatic carbocycles. The smallest absolute Gasteiger partial charge is 0.219 e. The number of carbonyl (C=O) groups is 1. The molecule has 0 N–H and O–H groups in total. The molecule has 27 heavy (non-hydrogen) atoms. The van der Waals surface area contributed by atoms with Gasteiger partial charge >= 0.3 is 0 Å². The Kier molecular flexibility index (Phi) is 4.81. The lowest BCUT2D eigenvalue weighted by atomic mass is 9.84. The molecule has 2 aliphatic rings. The molecule has 1 amide bonds. The predicted molar refractivity (Wildman–Crippen MR) is 110 cm³/mol. The van der Waals surface area contributed by atoms with Gasteiger partial charge in [0.15, 0.2) is 0 Å². The van der Waals surface area contributed by atoms with Gasteiger partial charge in [-0.05, 0) is 74.4 Å². The Balaban J connectivity index is 1.91. The molecule has 4 rings (SSSR count). The van der Waals surface area contributed by atoms with Crippen molar-refractivity contribution in [1.29, 1.82) is 0 Å². The van der Waals surface area contributed by atoms with E-state index < -0.39 is 0 Å². The number of fused-ring (bicyclic) bond motifs is 2. The summed E-state index contributed by atoms with van der Waals surface area (Å²) in [6, 6.07) is 10.8. The highest BCUT2D eigenvalue weighted by Gasteiger charge is 2.32. The predicted octanol–water partition coefficient (Wildman–Crippen LogP) is 5.05. The first-order valence-electron chi connectivity index (χ1n) is 9.69. The van der Waals surface area contributed by atoms with Crippen LogP contribution in [0.25, 0.3) is 5.57 Å². The van der Waals surface area contributed by atoms with Gasteiger partial charge in [-0.1, -0.05) is 29.3 Å². The van der Waals surface area contributed by atoms with Crippen LogP contribution in [0.4, 0.5) is 0 Å². The molecule has 0 bridgehead atoms. The first-order chi connectivity index (χ1) is 13.0. The summed E-state index contributed by atoms with van der Waals surface area (Å²) in [5.74, 6) is 0.158. The highest BCUT2D eigenvalue weighted by Crippen LogP contribution is 2.40. The minimum absolute atomic E-state index is 0.158. The molecule has 2 aromatic rings. The van der Waals surface area contributed by atoms with Crippen LogP contribution in [-0.4, -0.2) is 27.9 Å². The number of hydrogen-bond donors (Lipinski definition) is 0. The summed E-state index contributed by atoms with van der Waals surface area (Å²) in [5.41, 5.74) is 7.60. The minimum atomic E-state index is 0.158.